The van der Waals surface area contributed by atoms with E-state index in [1.54, 1.807) is 12.1 Å². The number of aryl methyl sites for hydroxylation is 2. The van der Waals surface area contributed by atoms with Crippen molar-refractivity contribution in [2.24, 2.45) is 0 Å². The van der Waals surface area contributed by atoms with Crippen LogP contribution < -0.4 is 10.1 Å². The summed E-state index contributed by atoms with van der Waals surface area (Å²) in [6.45, 7) is 6.41. The fourth-order valence-corrected chi connectivity index (χ4v) is 4.47. The molecule has 1 atom stereocenters. The monoisotopic (exact) mass is 527 g/mol. The maximum atomic E-state index is 12.9. The van der Waals surface area contributed by atoms with E-state index in [2.05, 4.69) is 12.2 Å². The van der Waals surface area contributed by atoms with Crippen molar-refractivity contribution >= 4 is 11.9 Å². The summed E-state index contributed by atoms with van der Waals surface area (Å²) < 4.78 is 45.0. The lowest BCUT2D eigenvalue weighted by molar-refractivity contribution is -0.138. The summed E-state index contributed by atoms with van der Waals surface area (Å²) in [5.41, 5.74) is 4.23. The number of benzene rings is 3. The van der Waals surface area contributed by atoms with Crippen LogP contribution in [0.15, 0.2) is 60.7 Å². The standard InChI is InChI=1S/C30H32F3NO4/c1-4-5-24(21-6-8-23(9-7-21)29(37)34-15-14-27(35)36)18-38-26-16-19(2)28(20(3)17-26)22-10-12-25(13-11-22)30(31,32)33/h6-13,16-17,24H,4-5,14-15,18H2,1-3H3,(H,34,37)(H,35,36). The van der Waals surface area contributed by atoms with Gasteiger partial charge in [-0.15, -0.1) is 0 Å². The van der Waals surface area contributed by atoms with Gasteiger partial charge in [-0.3, -0.25) is 9.59 Å². The van der Waals surface area contributed by atoms with Gasteiger partial charge in [0.15, 0.2) is 0 Å². The van der Waals surface area contributed by atoms with Crippen LogP contribution in [0.5, 0.6) is 5.75 Å². The number of carboxylic acids is 1. The molecule has 0 saturated carbocycles. The maximum Gasteiger partial charge on any atom is 0.416 e. The Morgan fingerprint density at radius 1 is 0.974 bits per heavy atom. The third-order valence-corrected chi connectivity index (χ3v) is 6.36. The number of nitrogens with one attached hydrogen (secondary N) is 1. The molecular weight excluding hydrogens is 495 g/mol. The van der Waals surface area contributed by atoms with Gasteiger partial charge in [0.05, 0.1) is 18.6 Å². The van der Waals surface area contributed by atoms with E-state index < -0.39 is 17.7 Å². The molecule has 0 radical (unpaired) electrons. The number of alkyl halides is 3. The summed E-state index contributed by atoms with van der Waals surface area (Å²) in [5.74, 6) is -0.506. The lowest BCUT2D eigenvalue weighted by Gasteiger charge is -2.20. The number of halogens is 3. The van der Waals surface area contributed by atoms with Crippen LogP contribution in [0.3, 0.4) is 0 Å². The van der Waals surface area contributed by atoms with Gasteiger partial charge in [-0.2, -0.15) is 13.2 Å². The van der Waals surface area contributed by atoms with Gasteiger partial charge in [0.2, 0.25) is 0 Å². The SMILES string of the molecule is CCCC(COc1cc(C)c(-c2ccc(C(F)(F)F)cc2)c(C)c1)c1ccc(C(=O)NCCC(=O)O)cc1. The number of amides is 1. The first-order valence-corrected chi connectivity index (χ1v) is 12.5. The second-order valence-corrected chi connectivity index (χ2v) is 9.33. The van der Waals surface area contributed by atoms with Gasteiger partial charge in [0.1, 0.15) is 5.75 Å². The summed E-state index contributed by atoms with van der Waals surface area (Å²) in [6, 6.07) is 16.2. The molecular formula is C30H32F3NO4. The van der Waals surface area contributed by atoms with E-state index in [0.29, 0.717) is 17.9 Å². The number of hydrogen-bond donors (Lipinski definition) is 2. The number of carbonyl (C=O) groups is 2. The highest BCUT2D eigenvalue weighted by molar-refractivity contribution is 5.94. The molecule has 0 heterocycles. The van der Waals surface area contributed by atoms with Crippen molar-refractivity contribution in [1.29, 1.82) is 0 Å². The van der Waals surface area contributed by atoms with Gasteiger partial charge < -0.3 is 15.2 Å². The smallest absolute Gasteiger partial charge is 0.416 e. The highest BCUT2D eigenvalue weighted by Gasteiger charge is 2.30. The van der Waals surface area contributed by atoms with Crippen molar-refractivity contribution in [2.45, 2.75) is 52.1 Å². The first kappa shape index (κ1) is 28.8. The van der Waals surface area contributed by atoms with Crippen LogP contribution in [0.1, 0.15) is 64.7 Å². The molecule has 0 fully saturated rings. The molecule has 202 valence electrons. The summed E-state index contributed by atoms with van der Waals surface area (Å²) in [7, 11) is 0. The van der Waals surface area contributed by atoms with Crippen molar-refractivity contribution in [2.75, 3.05) is 13.2 Å². The van der Waals surface area contributed by atoms with Gasteiger partial charge in [-0.1, -0.05) is 37.6 Å². The molecule has 3 aromatic rings. The van der Waals surface area contributed by atoms with Crippen molar-refractivity contribution in [3.05, 3.63) is 88.5 Å². The lowest BCUT2D eigenvalue weighted by Crippen LogP contribution is -2.26. The van der Waals surface area contributed by atoms with Crippen LogP contribution >= 0.6 is 0 Å². The van der Waals surface area contributed by atoms with Crippen LogP contribution in [0.25, 0.3) is 11.1 Å². The van der Waals surface area contributed by atoms with E-state index in [-0.39, 0.29) is 24.8 Å². The lowest BCUT2D eigenvalue weighted by atomic mass is 9.93. The molecule has 1 unspecified atom stereocenters. The van der Waals surface area contributed by atoms with E-state index in [0.717, 1.165) is 52.8 Å². The highest BCUT2D eigenvalue weighted by Crippen LogP contribution is 2.35. The van der Waals surface area contributed by atoms with Crippen LogP contribution in [-0.4, -0.2) is 30.1 Å². The number of ether oxygens (including phenoxy) is 1. The van der Waals surface area contributed by atoms with Crippen molar-refractivity contribution in [1.82, 2.24) is 5.32 Å². The third kappa shape index (κ3) is 7.60. The molecule has 2 N–H and O–H groups in total. The van der Waals surface area contributed by atoms with Gasteiger partial charge in [0, 0.05) is 18.0 Å². The zero-order chi connectivity index (χ0) is 27.9. The minimum Gasteiger partial charge on any atom is -0.493 e. The molecule has 0 aliphatic carbocycles. The molecule has 0 bridgehead atoms. The van der Waals surface area contributed by atoms with Gasteiger partial charge in [-0.25, -0.2) is 0 Å². The number of aliphatic carboxylic acids is 1. The van der Waals surface area contributed by atoms with Crippen LogP contribution in [0, 0.1) is 13.8 Å². The van der Waals surface area contributed by atoms with E-state index in [1.807, 2.05) is 38.1 Å². The zero-order valence-electron chi connectivity index (χ0n) is 21.7. The highest BCUT2D eigenvalue weighted by atomic mass is 19.4. The summed E-state index contributed by atoms with van der Waals surface area (Å²) in [5, 5.41) is 11.3. The van der Waals surface area contributed by atoms with Crippen LogP contribution in [0.2, 0.25) is 0 Å². The molecule has 8 heteroatoms. The Morgan fingerprint density at radius 2 is 1.58 bits per heavy atom. The first-order chi connectivity index (χ1) is 18.0. The number of hydrogen-bond acceptors (Lipinski definition) is 3. The first-order valence-electron chi connectivity index (χ1n) is 12.5. The average Bonchev–Trinajstić information content (AvgIpc) is 2.86. The van der Waals surface area contributed by atoms with Gasteiger partial charge >= 0.3 is 12.1 Å². The Bertz CT molecular complexity index is 1230. The summed E-state index contributed by atoms with van der Waals surface area (Å²) in [4.78, 5) is 22.8. The molecule has 0 spiro atoms. The molecule has 38 heavy (non-hydrogen) atoms. The fraction of sp³-hybridized carbons (Fsp3) is 0.333. The fourth-order valence-electron chi connectivity index (χ4n) is 4.47. The molecule has 0 saturated heterocycles. The topological polar surface area (TPSA) is 75.6 Å². The van der Waals surface area contributed by atoms with E-state index in [9.17, 15) is 22.8 Å². The quantitative estimate of drug-likeness (QED) is 0.278. The maximum absolute atomic E-state index is 12.9. The minimum absolute atomic E-state index is 0.0682. The normalized spacial score (nSPS) is 12.2. The number of rotatable bonds is 11. The molecule has 0 aromatic heterocycles. The summed E-state index contributed by atoms with van der Waals surface area (Å²) >= 11 is 0. The molecule has 0 aliphatic heterocycles. The second-order valence-electron chi connectivity index (χ2n) is 9.33. The molecule has 3 rings (SSSR count). The van der Waals surface area contributed by atoms with Crippen molar-refractivity contribution in [3.63, 3.8) is 0 Å². The second kappa shape index (κ2) is 12.6. The summed E-state index contributed by atoms with van der Waals surface area (Å²) in [6.07, 6.45) is -2.68. The average molecular weight is 528 g/mol. The Balaban J connectivity index is 1.69. The van der Waals surface area contributed by atoms with Gasteiger partial charge in [-0.05, 0) is 84.5 Å². The predicted molar refractivity (Wildman–Crippen MR) is 141 cm³/mol. The van der Waals surface area contributed by atoms with E-state index in [1.165, 1.54) is 12.1 Å². The number of carboxylic acid groups (broad SMARTS) is 1. The molecule has 0 aliphatic rings. The van der Waals surface area contributed by atoms with Gasteiger partial charge in [0.25, 0.3) is 5.91 Å². The van der Waals surface area contributed by atoms with Crippen LogP contribution in [-0.2, 0) is 11.0 Å². The number of carbonyl (C=O) groups excluding carboxylic acids is 1. The Hall–Kier alpha value is -3.81. The van der Waals surface area contributed by atoms with Crippen molar-refractivity contribution < 1.29 is 32.6 Å². The minimum atomic E-state index is -4.37. The van der Waals surface area contributed by atoms with Crippen molar-refractivity contribution in [3.8, 4) is 16.9 Å². The Morgan fingerprint density at radius 3 is 2.11 bits per heavy atom. The zero-order valence-corrected chi connectivity index (χ0v) is 21.7. The third-order valence-electron chi connectivity index (χ3n) is 6.36. The Labute approximate surface area is 220 Å². The molecule has 5 nitrogen and oxygen atoms in total. The van der Waals surface area contributed by atoms with Crippen LogP contribution in [0.4, 0.5) is 13.2 Å². The largest absolute Gasteiger partial charge is 0.493 e. The van der Waals surface area contributed by atoms with E-state index >= 15 is 0 Å². The molecule has 3 aromatic carbocycles. The Kier molecular flexibility index (Phi) is 9.55. The predicted octanol–water partition coefficient (Wildman–Crippen LogP) is 7.16. The van der Waals surface area contributed by atoms with E-state index in [4.69, 9.17) is 9.84 Å². The molecule has 1 amide bonds.